The lowest BCUT2D eigenvalue weighted by atomic mass is 10.0. The Bertz CT molecular complexity index is 750. The van der Waals surface area contributed by atoms with Crippen LogP contribution in [0.25, 0.3) is 11.3 Å². The van der Waals surface area contributed by atoms with E-state index < -0.39 is 6.04 Å². The van der Waals surface area contributed by atoms with Crippen molar-refractivity contribution in [3.8, 4) is 11.3 Å². The monoisotopic (exact) mass is 371 g/mol. The van der Waals surface area contributed by atoms with Crippen LogP contribution in [0.3, 0.4) is 0 Å². The van der Waals surface area contributed by atoms with E-state index in [1.165, 1.54) is 5.56 Å². The van der Waals surface area contributed by atoms with Gasteiger partial charge in [-0.05, 0) is 31.7 Å². The van der Waals surface area contributed by atoms with Gasteiger partial charge < -0.3 is 15.1 Å². The van der Waals surface area contributed by atoms with Crippen LogP contribution in [0.4, 0.5) is 0 Å². The van der Waals surface area contributed by atoms with Crippen LogP contribution in [0.1, 0.15) is 45.6 Å². The molecule has 0 radical (unpaired) electrons. The van der Waals surface area contributed by atoms with Gasteiger partial charge in [-0.15, -0.1) is 0 Å². The lowest BCUT2D eigenvalue weighted by molar-refractivity contribution is -0.128. The van der Waals surface area contributed by atoms with Crippen molar-refractivity contribution in [3.63, 3.8) is 0 Å². The highest BCUT2D eigenvalue weighted by Crippen LogP contribution is 2.22. The van der Waals surface area contributed by atoms with Crippen molar-refractivity contribution in [1.29, 1.82) is 0 Å². The van der Waals surface area contributed by atoms with Gasteiger partial charge in [0.2, 0.25) is 11.8 Å². The fourth-order valence-electron chi connectivity index (χ4n) is 2.76. The van der Waals surface area contributed by atoms with Gasteiger partial charge in [0, 0.05) is 24.9 Å². The number of carbonyl (C=O) groups excluding carboxylic acids is 2. The predicted octanol–water partition coefficient (Wildman–Crippen LogP) is 3.11. The minimum absolute atomic E-state index is 0.190. The highest BCUT2D eigenvalue weighted by molar-refractivity contribution is 5.87. The van der Waals surface area contributed by atoms with Gasteiger partial charge in [0.25, 0.3) is 0 Å². The van der Waals surface area contributed by atoms with Crippen molar-refractivity contribution in [2.75, 3.05) is 6.54 Å². The molecule has 2 aromatic rings. The molecule has 2 rings (SSSR count). The quantitative estimate of drug-likeness (QED) is 0.709. The molecule has 1 aromatic heterocycles. The molecule has 27 heavy (non-hydrogen) atoms. The Kier molecular flexibility index (Phi) is 7.58. The number of carbonyl (C=O) groups is 2. The molecule has 0 saturated heterocycles. The first kappa shape index (κ1) is 20.7. The number of aromatic nitrogens is 1. The lowest BCUT2D eigenvalue weighted by Crippen LogP contribution is -2.44. The molecule has 1 atom stereocenters. The highest BCUT2D eigenvalue weighted by Gasteiger charge is 2.15. The van der Waals surface area contributed by atoms with E-state index in [4.69, 9.17) is 4.42 Å². The Balaban J connectivity index is 1.87. The molecule has 0 saturated carbocycles. The van der Waals surface area contributed by atoms with Crippen molar-refractivity contribution >= 4 is 11.8 Å². The topological polar surface area (TPSA) is 84.2 Å². The Morgan fingerprint density at radius 3 is 2.48 bits per heavy atom. The minimum Gasteiger partial charge on any atom is -0.441 e. The van der Waals surface area contributed by atoms with Gasteiger partial charge in [0.15, 0.2) is 11.7 Å². The average Bonchev–Trinajstić information content (AvgIpc) is 3.09. The summed E-state index contributed by atoms with van der Waals surface area (Å²) in [5.41, 5.74) is 2.27. The second-order valence-electron chi connectivity index (χ2n) is 7.10. The van der Waals surface area contributed by atoms with Crippen LogP contribution >= 0.6 is 0 Å². The van der Waals surface area contributed by atoms with Crippen molar-refractivity contribution in [2.24, 2.45) is 5.92 Å². The Morgan fingerprint density at radius 1 is 1.15 bits per heavy atom. The lowest BCUT2D eigenvalue weighted by Gasteiger charge is -2.12. The van der Waals surface area contributed by atoms with Gasteiger partial charge >= 0.3 is 0 Å². The first-order valence-corrected chi connectivity index (χ1v) is 9.50. The van der Waals surface area contributed by atoms with Gasteiger partial charge in [-0.25, -0.2) is 4.98 Å². The standard InChI is InChI=1S/C21H29N3O3/c1-5-22-21(26)15(4)24-19(25)10-11-20-23-13-18(27-20)17-8-6-16(7-9-17)12-14(2)3/h6-9,13-15H,5,10-12H2,1-4H3,(H,22,26)(H,24,25)/t15-/m1/s1. The second-order valence-corrected chi connectivity index (χ2v) is 7.10. The molecule has 2 N–H and O–H groups in total. The molecule has 0 unspecified atom stereocenters. The zero-order valence-corrected chi connectivity index (χ0v) is 16.5. The Hall–Kier alpha value is -2.63. The van der Waals surface area contributed by atoms with Gasteiger partial charge in [0.1, 0.15) is 6.04 Å². The van der Waals surface area contributed by atoms with Crippen LogP contribution in [0.5, 0.6) is 0 Å². The smallest absolute Gasteiger partial charge is 0.242 e. The summed E-state index contributed by atoms with van der Waals surface area (Å²) in [5, 5.41) is 5.35. The number of rotatable bonds is 9. The van der Waals surface area contributed by atoms with E-state index in [-0.39, 0.29) is 18.2 Å². The SMILES string of the molecule is CCNC(=O)[C@@H](C)NC(=O)CCc1ncc(-c2ccc(CC(C)C)cc2)o1. The number of amides is 2. The van der Waals surface area contributed by atoms with Crippen molar-refractivity contribution in [3.05, 3.63) is 41.9 Å². The molecule has 0 aliphatic carbocycles. The van der Waals surface area contributed by atoms with Crippen LogP contribution in [0, 0.1) is 5.92 Å². The van der Waals surface area contributed by atoms with Gasteiger partial charge in [-0.1, -0.05) is 38.1 Å². The largest absolute Gasteiger partial charge is 0.441 e. The van der Waals surface area contributed by atoms with Gasteiger partial charge in [-0.3, -0.25) is 9.59 Å². The Labute approximate surface area is 160 Å². The van der Waals surface area contributed by atoms with Crippen molar-refractivity contribution in [1.82, 2.24) is 15.6 Å². The fraction of sp³-hybridized carbons (Fsp3) is 0.476. The first-order valence-electron chi connectivity index (χ1n) is 9.50. The van der Waals surface area contributed by atoms with E-state index in [1.54, 1.807) is 13.1 Å². The number of aryl methyl sites for hydroxylation is 1. The summed E-state index contributed by atoms with van der Waals surface area (Å²) in [5.74, 6) is 1.43. The maximum Gasteiger partial charge on any atom is 0.242 e. The van der Waals surface area contributed by atoms with E-state index in [1.807, 2.05) is 19.1 Å². The maximum atomic E-state index is 12.0. The third-order valence-electron chi connectivity index (χ3n) is 4.12. The number of nitrogens with one attached hydrogen (secondary N) is 2. The molecule has 1 aromatic carbocycles. The van der Waals surface area contributed by atoms with Crippen LogP contribution in [-0.2, 0) is 22.4 Å². The van der Waals surface area contributed by atoms with E-state index >= 15 is 0 Å². The third-order valence-corrected chi connectivity index (χ3v) is 4.12. The molecule has 0 fully saturated rings. The van der Waals surface area contributed by atoms with Crippen molar-refractivity contribution in [2.45, 2.75) is 53.0 Å². The van der Waals surface area contributed by atoms with Crippen LogP contribution in [-0.4, -0.2) is 29.4 Å². The van der Waals surface area contributed by atoms with Gasteiger partial charge in [0.05, 0.1) is 6.20 Å². The number of benzene rings is 1. The molecular weight excluding hydrogens is 342 g/mol. The maximum absolute atomic E-state index is 12.0. The fourth-order valence-corrected chi connectivity index (χ4v) is 2.76. The van der Waals surface area contributed by atoms with Crippen LogP contribution in [0.15, 0.2) is 34.9 Å². The molecule has 6 nitrogen and oxygen atoms in total. The zero-order valence-electron chi connectivity index (χ0n) is 16.5. The molecule has 0 aliphatic rings. The molecule has 2 amide bonds. The molecule has 0 spiro atoms. The summed E-state index contributed by atoms with van der Waals surface area (Å²) < 4.78 is 5.76. The van der Waals surface area contributed by atoms with Crippen LogP contribution < -0.4 is 10.6 Å². The predicted molar refractivity (Wildman–Crippen MR) is 105 cm³/mol. The Morgan fingerprint density at radius 2 is 1.85 bits per heavy atom. The summed E-state index contributed by atoms with van der Waals surface area (Å²) >= 11 is 0. The molecule has 0 bridgehead atoms. The summed E-state index contributed by atoms with van der Waals surface area (Å²) in [4.78, 5) is 27.9. The third kappa shape index (κ3) is 6.55. The average molecular weight is 371 g/mol. The number of nitrogens with zero attached hydrogens (tertiary/aromatic N) is 1. The number of likely N-dealkylation sites (N-methyl/N-ethyl adjacent to an activating group) is 1. The zero-order chi connectivity index (χ0) is 19.8. The van der Waals surface area contributed by atoms with E-state index in [0.717, 1.165) is 12.0 Å². The number of hydrogen-bond donors (Lipinski definition) is 2. The highest BCUT2D eigenvalue weighted by atomic mass is 16.4. The van der Waals surface area contributed by atoms with Gasteiger partial charge in [-0.2, -0.15) is 0 Å². The molecule has 146 valence electrons. The number of hydrogen-bond acceptors (Lipinski definition) is 4. The molecular formula is C21H29N3O3. The van der Waals surface area contributed by atoms with Crippen LogP contribution in [0.2, 0.25) is 0 Å². The number of oxazole rings is 1. The summed E-state index contributed by atoms with van der Waals surface area (Å²) in [7, 11) is 0. The summed E-state index contributed by atoms with van der Waals surface area (Å²) in [6.45, 7) is 8.43. The second kappa shape index (κ2) is 9.90. The molecule has 6 heteroatoms. The summed E-state index contributed by atoms with van der Waals surface area (Å²) in [6.07, 6.45) is 3.34. The van der Waals surface area contributed by atoms with Crippen molar-refractivity contribution < 1.29 is 14.0 Å². The van der Waals surface area contributed by atoms with E-state index in [0.29, 0.717) is 30.5 Å². The summed E-state index contributed by atoms with van der Waals surface area (Å²) in [6, 6.07) is 7.72. The normalized spacial score (nSPS) is 12.0. The van der Waals surface area contributed by atoms with E-state index in [9.17, 15) is 9.59 Å². The minimum atomic E-state index is -0.554. The molecule has 1 heterocycles. The first-order chi connectivity index (χ1) is 12.9. The molecule has 0 aliphatic heterocycles. The van der Waals surface area contributed by atoms with E-state index in [2.05, 4.69) is 41.6 Å².